The summed E-state index contributed by atoms with van der Waals surface area (Å²) in [4.78, 5) is 95.8. The van der Waals surface area contributed by atoms with Gasteiger partial charge in [0.1, 0.15) is 36.3 Å². The lowest BCUT2D eigenvalue weighted by atomic mass is 9.84. The summed E-state index contributed by atoms with van der Waals surface area (Å²) < 4.78 is 0. The van der Waals surface area contributed by atoms with Gasteiger partial charge in [-0.25, -0.2) is 0 Å². The van der Waals surface area contributed by atoms with Crippen LogP contribution in [-0.4, -0.2) is 118 Å². The average molecular weight is 734 g/mol. The molecule has 2 heterocycles. The molecular formula is C37H63N7O8. The van der Waals surface area contributed by atoms with Crippen LogP contribution in [-0.2, 0) is 33.6 Å². The summed E-state index contributed by atoms with van der Waals surface area (Å²) in [6.07, 6.45) is 8.01. The van der Waals surface area contributed by atoms with Crippen LogP contribution < -0.4 is 26.6 Å². The molecule has 0 spiro atoms. The molecule has 294 valence electrons. The van der Waals surface area contributed by atoms with Crippen LogP contribution in [0.15, 0.2) is 0 Å². The monoisotopic (exact) mass is 733 g/mol. The maximum atomic E-state index is 14.1. The van der Waals surface area contributed by atoms with Gasteiger partial charge in [0.15, 0.2) is 0 Å². The van der Waals surface area contributed by atoms with Gasteiger partial charge in [0.2, 0.25) is 41.4 Å². The van der Waals surface area contributed by atoms with Gasteiger partial charge in [-0.2, -0.15) is 0 Å². The molecule has 52 heavy (non-hydrogen) atoms. The lowest BCUT2D eigenvalue weighted by molar-refractivity contribution is -0.147. The van der Waals surface area contributed by atoms with Crippen molar-refractivity contribution in [1.29, 1.82) is 0 Å². The topological polar surface area (TPSA) is 206 Å². The van der Waals surface area contributed by atoms with Gasteiger partial charge in [0, 0.05) is 26.6 Å². The van der Waals surface area contributed by atoms with Crippen molar-refractivity contribution < 1.29 is 38.7 Å². The lowest BCUT2D eigenvalue weighted by Gasteiger charge is -2.39. The summed E-state index contributed by atoms with van der Waals surface area (Å²) in [5.41, 5.74) is 0. The standard InChI is InChI=1S/C37H63N7O8/c1-7-18-38-35(50)31(24(5)45)42-34(49)29-17-13-20-43(29)36(51)23(4)39-33(48)28-16-11-12-19-44(28)37(52)30(22(2)3)41-32(47)27(40-25(6)46)21-26-14-9-8-10-15-26/h22-24,26-31,45H,7-21H2,1-6H3,(H,38,50)(H,39,48)(H,40,46)(H,41,47)(H,42,49)/t23-,24+,27-,28-,29-,30-,31-/m0/s1. The number of aliphatic hydroxyl groups is 1. The highest BCUT2D eigenvalue weighted by Crippen LogP contribution is 2.28. The number of nitrogens with one attached hydrogen (secondary N) is 5. The summed E-state index contributed by atoms with van der Waals surface area (Å²) in [7, 11) is 0. The van der Waals surface area contributed by atoms with Gasteiger partial charge in [-0.15, -0.1) is 0 Å². The third-order valence-corrected chi connectivity index (χ3v) is 10.5. The molecule has 0 radical (unpaired) electrons. The largest absolute Gasteiger partial charge is 0.391 e. The highest BCUT2D eigenvalue weighted by molar-refractivity contribution is 5.97. The number of amides is 7. The summed E-state index contributed by atoms with van der Waals surface area (Å²) in [5.74, 6) is -3.18. The highest BCUT2D eigenvalue weighted by Gasteiger charge is 2.41. The zero-order chi connectivity index (χ0) is 38.5. The van der Waals surface area contributed by atoms with Gasteiger partial charge in [-0.1, -0.05) is 52.9 Å². The SMILES string of the molecule is CCCNC(=O)[C@@H](NC(=O)[C@@H]1CCCN1C(=O)[C@H](C)NC(=O)[C@@H]1CCCCN1C(=O)[C@@H](NC(=O)[C@H](CC1CCCCC1)NC(C)=O)C(C)C)[C@@H](C)O. The fourth-order valence-corrected chi connectivity index (χ4v) is 7.58. The molecule has 2 aliphatic heterocycles. The van der Waals surface area contributed by atoms with E-state index >= 15 is 0 Å². The Morgan fingerprint density at radius 2 is 1.25 bits per heavy atom. The Hall–Kier alpha value is -3.75. The van der Waals surface area contributed by atoms with Crippen molar-refractivity contribution in [1.82, 2.24) is 36.4 Å². The molecular weight excluding hydrogens is 670 g/mol. The van der Waals surface area contributed by atoms with Gasteiger partial charge < -0.3 is 41.5 Å². The van der Waals surface area contributed by atoms with Crippen molar-refractivity contribution >= 4 is 41.4 Å². The van der Waals surface area contributed by atoms with Crippen molar-refractivity contribution in [2.75, 3.05) is 19.6 Å². The van der Waals surface area contributed by atoms with Crippen LogP contribution in [0, 0.1) is 11.8 Å². The van der Waals surface area contributed by atoms with E-state index < -0.39 is 77.8 Å². The number of carbonyl (C=O) groups is 7. The molecule has 0 bridgehead atoms. The quantitative estimate of drug-likeness (QED) is 0.134. The molecule has 3 aliphatic rings. The van der Waals surface area contributed by atoms with Gasteiger partial charge in [-0.05, 0) is 70.6 Å². The number of nitrogens with zero attached hydrogens (tertiary/aromatic N) is 2. The third-order valence-electron chi connectivity index (χ3n) is 10.5. The van der Waals surface area contributed by atoms with Crippen LogP contribution in [0.2, 0.25) is 0 Å². The first-order valence-electron chi connectivity index (χ1n) is 19.4. The van der Waals surface area contributed by atoms with Gasteiger partial charge in [-0.3, -0.25) is 33.6 Å². The van der Waals surface area contributed by atoms with E-state index in [1.165, 1.54) is 30.6 Å². The summed E-state index contributed by atoms with van der Waals surface area (Å²) >= 11 is 0. The number of hydrogen-bond donors (Lipinski definition) is 6. The normalized spacial score (nSPS) is 22.4. The molecule has 0 aromatic rings. The van der Waals surface area contributed by atoms with Crippen molar-refractivity contribution in [2.45, 2.75) is 161 Å². The molecule has 15 nitrogen and oxygen atoms in total. The first-order chi connectivity index (χ1) is 24.7. The number of rotatable bonds is 16. The molecule has 3 rings (SSSR count). The molecule has 6 N–H and O–H groups in total. The highest BCUT2D eigenvalue weighted by atomic mass is 16.3. The lowest BCUT2D eigenvalue weighted by Crippen LogP contribution is -2.62. The summed E-state index contributed by atoms with van der Waals surface area (Å²) in [6.45, 7) is 10.8. The van der Waals surface area contributed by atoms with E-state index in [2.05, 4.69) is 26.6 Å². The van der Waals surface area contributed by atoms with E-state index in [1.807, 2.05) is 20.8 Å². The molecule has 7 amide bonds. The molecule has 0 aromatic carbocycles. The van der Waals surface area contributed by atoms with Crippen LogP contribution in [0.3, 0.4) is 0 Å². The van der Waals surface area contributed by atoms with E-state index in [-0.39, 0.29) is 18.4 Å². The number of piperidine rings is 1. The molecule has 15 heteroatoms. The zero-order valence-electron chi connectivity index (χ0n) is 32.0. The molecule has 0 aromatic heterocycles. The van der Waals surface area contributed by atoms with Crippen LogP contribution in [0.5, 0.6) is 0 Å². The Morgan fingerprint density at radius 1 is 0.673 bits per heavy atom. The van der Waals surface area contributed by atoms with E-state index in [4.69, 9.17) is 0 Å². The molecule has 7 atom stereocenters. The van der Waals surface area contributed by atoms with Gasteiger partial charge in [0.25, 0.3) is 0 Å². The molecule has 0 unspecified atom stereocenters. The molecule has 3 fully saturated rings. The summed E-state index contributed by atoms with van der Waals surface area (Å²) in [6, 6.07) is -5.64. The fraction of sp³-hybridized carbons (Fsp3) is 0.811. The second-order valence-corrected chi connectivity index (χ2v) is 15.2. The van der Waals surface area contributed by atoms with Crippen LogP contribution >= 0.6 is 0 Å². The minimum Gasteiger partial charge on any atom is -0.391 e. The number of aliphatic hydroxyl groups excluding tert-OH is 1. The number of likely N-dealkylation sites (tertiary alicyclic amines) is 2. The number of hydrogen-bond acceptors (Lipinski definition) is 8. The zero-order valence-corrected chi connectivity index (χ0v) is 32.0. The Kier molecular flexibility index (Phi) is 16.8. The second kappa shape index (κ2) is 20.5. The first kappa shape index (κ1) is 42.7. The average Bonchev–Trinajstić information content (AvgIpc) is 3.61. The predicted molar refractivity (Wildman–Crippen MR) is 194 cm³/mol. The van der Waals surface area contributed by atoms with Crippen molar-refractivity contribution in [2.24, 2.45) is 11.8 Å². The predicted octanol–water partition coefficient (Wildman–Crippen LogP) is 0.871. The maximum Gasteiger partial charge on any atom is 0.246 e. The maximum absolute atomic E-state index is 14.1. The minimum absolute atomic E-state index is 0.280. The van der Waals surface area contributed by atoms with Crippen LogP contribution in [0.1, 0.15) is 119 Å². The van der Waals surface area contributed by atoms with Crippen LogP contribution in [0.25, 0.3) is 0 Å². The van der Waals surface area contributed by atoms with Crippen LogP contribution in [0.4, 0.5) is 0 Å². The molecule has 2 saturated heterocycles. The van der Waals surface area contributed by atoms with Crippen molar-refractivity contribution in [3.05, 3.63) is 0 Å². The first-order valence-corrected chi connectivity index (χ1v) is 19.4. The van der Waals surface area contributed by atoms with E-state index in [9.17, 15) is 38.7 Å². The Morgan fingerprint density at radius 3 is 1.85 bits per heavy atom. The summed E-state index contributed by atoms with van der Waals surface area (Å²) in [5, 5.41) is 23.9. The van der Waals surface area contributed by atoms with E-state index in [0.29, 0.717) is 64.0 Å². The van der Waals surface area contributed by atoms with Gasteiger partial charge >= 0.3 is 0 Å². The van der Waals surface area contributed by atoms with Crippen molar-refractivity contribution in [3.8, 4) is 0 Å². The Bertz CT molecular complexity index is 1270. The third kappa shape index (κ3) is 11.9. The van der Waals surface area contributed by atoms with Crippen molar-refractivity contribution in [3.63, 3.8) is 0 Å². The molecule has 1 aliphatic carbocycles. The van der Waals surface area contributed by atoms with E-state index in [0.717, 1.165) is 32.1 Å². The minimum atomic E-state index is -1.18. The second-order valence-electron chi connectivity index (χ2n) is 15.2. The van der Waals surface area contributed by atoms with E-state index in [1.54, 1.807) is 0 Å². The number of carbonyl (C=O) groups excluding carboxylic acids is 7. The Balaban J connectivity index is 1.67. The van der Waals surface area contributed by atoms with Gasteiger partial charge in [0.05, 0.1) is 6.10 Å². The fourth-order valence-electron chi connectivity index (χ4n) is 7.58. The smallest absolute Gasteiger partial charge is 0.246 e. The Labute approximate surface area is 308 Å². The molecule has 1 saturated carbocycles.